The lowest BCUT2D eigenvalue weighted by Crippen LogP contribution is -2.41. The van der Waals surface area contributed by atoms with Crippen LogP contribution in [0.15, 0.2) is 48.7 Å². The van der Waals surface area contributed by atoms with E-state index in [9.17, 15) is 13.2 Å². The summed E-state index contributed by atoms with van der Waals surface area (Å²) in [5.74, 6) is 0. The minimum absolute atomic E-state index is 0.405. The number of benzene rings is 1. The van der Waals surface area contributed by atoms with Gasteiger partial charge in [0, 0.05) is 38.4 Å². The summed E-state index contributed by atoms with van der Waals surface area (Å²) in [7, 11) is 0. The van der Waals surface area contributed by atoms with Crippen LogP contribution < -0.4 is 5.32 Å². The van der Waals surface area contributed by atoms with Crippen LogP contribution in [-0.4, -0.2) is 29.0 Å². The van der Waals surface area contributed by atoms with E-state index in [1.807, 2.05) is 24.4 Å². The molecule has 25 heavy (non-hydrogen) atoms. The predicted molar refractivity (Wildman–Crippen MR) is 90.8 cm³/mol. The first-order valence-electron chi connectivity index (χ1n) is 8.52. The fraction of sp³-hybridized carbons (Fsp3) is 0.421. The lowest BCUT2D eigenvalue weighted by Gasteiger charge is -2.32. The predicted octanol–water partition coefficient (Wildman–Crippen LogP) is 3.85. The Morgan fingerprint density at radius 2 is 1.76 bits per heavy atom. The Morgan fingerprint density at radius 3 is 2.36 bits per heavy atom. The summed E-state index contributed by atoms with van der Waals surface area (Å²) in [5.41, 5.74) is 1.36. The number of hydrogen-bond acceptors (Lipinski definition) is 3. The third kappa shape index (κ3) is 5.28. The maximum atomic E-state index is 12.6. The Morgan fingerprint density at radius 1 is 1.04 bits per heavy atom. The van der Waals surface area contributed by atoms with Crippen molar-refractivity contribution in [1.82, 2.24) is 15.2 Å². The number of pyridine rings is 1. The van der Waals surface area contributed by atoms with E-state index < -0.39 is 11.7 Å². The summed E-state index contributed by atoms with van der Waals surface area (Å²) in [6.45, 7) is 3.47. The maximum absolute atomic E-state index is 12.6. The zero-order valence-corrected chi connectivity index (χ0v) is 14.0. The molecule has 0 bridgehead atoms. The Hall–Kier alpha value is -1.92. The number of nitrogens with zero attached hydrogens (tertiary/aromatic N) is 2. The SMILES string of the molecule is FC(F)(F)c1ccc(CNC2CCN(Cc3ccccn3)CC2)cc1. The first kappa shape index (κ1) is 17.9. The second kappa shape index (κ2) is 7.97. The molecule has 2 heterocycles. The molecule has 1 aromatic heterocycles. The van der Waals surface area contributed by atoms with E-state index in [0.29, 0.717) is 12.6 Å². The van der Waals surface area contributed by atoms with Gasteiger partial charge in [-0.1, -0.05) is 18.2 Å². The van der Waals surface area contributed by atoms with Crippen LogP contribution in [0.3, 0.4) is 0 Å². The van der Waals surface area contributed by atoms with Gasteiger partial charge in [-0.15, -0.1) is 0 Å². The summed E-state index contributed by atoms with van der Waals surface area (Å²) in [5, 5.41) is 3.46. The zero-order chi connectivity index (χ0) is 17.7. The molecular weight excluding hydrogens is 327 g/mol. The third-order valence-electron chi connectivity index (χ3n) is 4.58. The number of halogens is 3. The lowest BCUT2D eigenvalue weighted by molar-refractivity contribution is -0.137. The number of rotatable bonds is 5. The molecule has 1 N–H and O–H groups in total. The monoisotopic (exact) mass is 349 g/mol. The molecule has 0 unspecified atom stereocenters. The van der Waals surface area contributed by atoms with E-state index in [0.717, 1.165) is 55.9 Å². The summed E-state index contributed by atoms with van der Waals surface area (Å²) in [6, 6.07) is 11.7. The van der Waals surface area contributed by atoms with Crippen LogP contribution in [0.25, 0.3) is 0 Å². The van der Waals surface area contributed by atoms with Crippen LogP contribution in [0, 0.1) is 0 Å². The molecule has 1 aliphatic heterocycles. The molecule has 2 aromatic rings. The van der Waals surface area contributed by atoms with Crippen LogP contribution in [0.1, 0.15) is 29.7 Å². The molecule has 0 radical (unpaired) electrons. The average Bonchev–Trinajstić information content (AvgIpc) is 2.62. The van der Waals surface area contributed by atoms with Crippen molar-refractivity contribution in [2.24, 2.45) is 0 Å². The number of nitrogens with one attached hydrogen (secondary N) is 1. The molecule has 0 spiro atoms. The van der Waals surface area contributed by atoms with Gasteiger partial charge in [-0.25, -0.2) is 0 Å². The van der Waals surface area contributed by atoms with Gasteiger partial charge in [0.25, 0.3) is 0 Å². The second-order valence-corrected chi connectivity index (χ2v) is 6.45. The number of likely N-dealkylation sites (tertiary alicyclic amines) is 1. The van der Waals surface area contributed by atoms with Crippen molar-refractivity contribution in [2.45, 2.75) is 38.1 Å². The molecule has 1 aliphatic rings. The lowest BCUT2D eigenvalue weighted by atomic mass is 10.0. The van der Waals surface area contributed by atoms with Gasteiger partial charge in [0.2, 0.25) is 0 Å². The Labute approximate surface area is 145 Å². The Balaban J connectivity index is 1.42. The van der Waals surface area contributed by atoms with E-state index >= 15 is 0 Å². The summed E-state index contributed by atoms with van der Waals surface area (Å²) < 4.78 is 37.7. The molecule has 0 amide bonds. The van der Waals surface area contributed by atoms with Gasteiger partial charge >= 0.3 is 6.18 Å². The van der Waals surface area contributed by atoms with E-state index in [2.05, 4.69) is 15.2 Å². The molecule has 3 nitrogen and oxygen atoms in total. The van der Waals surface area contributed by atoms with Crippen LogP contribution in [0.2, 0.25) is 0 Å². The van der Waals surface area contributed by atoms with E-state index in [4.69, 9.17) is 0 Å². The molecule has 1 aromatic carbocycles. The first-order chi connectivity index (χ1) is 12.0. The minimum Gasteiger partial charge on any atom is -0.310 e. The van der Waals surface area contributed by atoms with Crippen molar-refractivity contribution in [1.29, 1.82) is 0 Å². The van der Waals surface area contributed by atoms with E-state index in [1.54, 1.807) is 12.1 Å². The highest BCUT2D eigenvalue weighted by molar-refractivity contribution is 5.24. The van der Waals surface area contributed by atoms with Crippen LogP contribution in [0.5, 0.6) is 0 Å². The molecule has 134 valence electrons. The standard InChI is InChI=1S/C19H22F3N3/c20-19(21,22)16-6-4-15(5-7-16)13-24-17-8-11-25(12-9-17)14-18-3-1-2-10-23-18/h1-7,10,17,24H,8-9,11-14H2. The first-order valence-corrected chi connectivity index (χ1v) is 8.52. The van der Waals surface area contributed by atoms with Crippen molar-refractivity contribution in [3.05, 3.63) is 65.5 Å². The molecule has 0 aliphatic carbocycles. The summed E-state index contributed by atoms with van der Waals surface area (Å²) in [4.78, 5) is 6.74. The molecule has 1 fully saturated rings. The number of piperidine rings is 1. The van der Waals surface area contributed by atoms with E-state index in [1.165, 1.54) is 0 Å². The smallest absolute Gasteiger partial charge is 0.310 e. The number of aromatic nitrogens is 1. The zero-order valence-electron chi connectivity index (χ0n) is 14.0. The largest absolute Gasteiger partial charge is 0.416 e. The fourth-order valence-corrected chi connectivity index (χ4v) is 3.09. The highest BCUT2D eigenvalue weighted by Gasteiger charge is 2.29. The van der Waals surface area contributed by atoms with Gasteiger partial charge in [-0.3, -0.25) is 9.88 Å². The topological polar surface area (TPSA) is 28.2 Å². The van der Waals surface area contributed by atoms with Gasteiger partial charge in [-0.2, -0.15) is 13.2 Å². The number of alkyl halides is 3. The van der Waals surface area contributed by atoms with Crippen molar-refractivity contribution < 1.29 is 13.2 Å². The van der Waals surface area contributed by atoms with Crippen LogP contribution in [0.4, 0.5) is 13.2 Å². The normalized spacial score (nSPS) is 16.9. The third-order valence-corrected chi connectivity index (χ3v) is 4.58. The minimum atomic E-state index is -4.27. The molecule has 1 saturated heterocycles. The van der Waals surface area contributed by atoms with Crippen LogP contribution in [-0.2, 0) is 19.3 Å². The average molecular weight is 349 g/mol. The summed E-state index contributed by atoms with van der Waals surface area (Å²) >= 11 is 0. The quantitative estimate of drug-likeness (QED) is 0.889. The Bertz CT molecular complexity index is 648. The molecular formula is C19H22F3N3. The highest BCUT2D eigenvalue weighted by Crippen LogP contribution is 2.29. The van der Waals surface area contributed by atoms with Gasteiger partial charge in [0.15, 0.2) is 0 Å². The molecule has 6 heteroatoms. The number of hydrogen-bond donors (Lipinski definition) is 1. The summed E-state index contributed by atoms with van der Waals surface area (Å²) in [6.07, 6.45) is -0.388. The van der Waals surface area contributed by atoms with Crippen molar-refractivity contribution >= 4 is 0 Å². The second-order valence-electron chi connectivity index (χ2n) is 6.45. The van der Waals surface area contributed by atoms with E-state index in [-0.39, 0.29) is 0 Å². The molecule has 3 rings (SSSR count). The highest BCUT2D eigenvalue weighted by atomic mass is 19.4. The molecule has 0 atom stereocenters. The van der Waals surface area contributed by atoms with Gasteiger partial charge < -0.3 is 5.32 Å². The molecule has 0 saturated carbocycles. The fourth-order valence-electron chi connectivity index (χ4n) is 3.09. The Kier molecular flexibility index (Phi) is 5.71. The van der Waals surface area contributed by atoms with Gasteiger partial charge in [-0.05, 0) is 42.7 Å². The van der Waals surface area contributed by atoms with Crippen LogP contribution >= 0.6 is 0 Å². The van der Waals surface area contributed by atoms with Crippen molar-refractivity contribution in [3.63, 3.8) is 0 Å². The van der Waals surface area contributed by atoms with Gasteiger partial charge in [0.05, 0.1) is 11.3 Å². The maximum Gasteiger partial charge on any atom is 0.416 e. The van der Waals surface area contributed by atoms with Gasteiger partial charge in [0.1, 0.15) is 0 Å². The van der Waals surface area contributed by atoms with Crippen molar-refractivity contribution in [2.75, 3.05) is 13.1 Å². The van der Waals surface area contributed by atoms with Crippen molar-refractivity contribution in [3.8, 4) is 0 Å².